The second kappa shape index (κ2) is 4.70. The van der Waals surface area contributed by atoms with Crippen LogP contribution in [0.1, 0.15) is 11.1 Å². The Morgan fingerprint density at radius 3 is 2.78 bits per heavy atom. The van der Waals surface area contributed by atoms with Crippen LogP contribution in [0.2, 0.25) is 5.02 Å². The van der Waals surface area contributed by atoms with Crippen LogP contribution in [0.25, 0.3) is 0 Å². The lowest BCUT2D eigenvalue weighted by Gasteiger charge is -2.09. The third-order valence-electron chi connectivity index (χ3n) is 2.63. The summed E-state index contributed by atoms with van der Waals surface area (Å²) < 4.78 is 1.09. The van der Waals surface area contributed by atoms with E-state index in [1.54, 1.807) is 24.3 Å². The Balaban J connectivity index is 2.50. The Bertz CT molecular complexity index is 703. The fraction of sp³-hybridized carbons (Fsp3) is 0.167. The zero-order valence-electron chi connectivity index (χ0n) is 9.61. The molecule has 0 aliphatic carbocycles. The summed E-state index contributed by atoms with van der Waals surface area (Å²) in [6.07, 6.45) is 0. The van der Waals surface area contributed by atoms with Crippen molar-refractivity contribution in [3.8, 4) is 5.88 Å². The van der Waals surface area contributed by atoms with Gasteiger partial charge in [0, 0.05) is 5.02 Å². The molecule has 0 aliphatic rings. The summed E-state index contributed by atoms with van der Waals surface area (Å²) in [6.45, 7) is 1.59. The molecule has 0 fully saturated rings. The molecule has 0 saturated heterocycles. The van der Waals surface area contributed by atoms with E-state index < -0.39 is 11.2 Å². The van der Waals surface area contributed by atoms with Crippen LogP contribution < -0.4 is 11.2 Å². The molecular formula is C12H11ClN2O3. The zero-order chi connectivity index (χ0) is 13.3. The Morgan fingerprint density at radius 1 is 1.39 bits per heavy atom. The van der Waals surface area contributed by atoms with E-state index in [2.05, 4.69) is 4.98 Å². The molecule has 0 radical (unpaired) electrons. The van der Waals surface area contributed by atoms with Gasteiger partial charge in [0.2, 0.25) is 5.88 Å². The minimum Gasteiger partial charge on any atom is -0.494 e. The molecular weight excluding hydrogens is 256 g/mol. The van der Waals surface area contributed by atoms with Gasteiger partial charge in [0.25, 0.3) is 5.56 Å². The molecule has 0 saturated carbocycles. The van der Waals surface area contributed by atoms with E-state index in [1.165, 1.54) is 6.92 Å². The zero-order valence-corrected chi connectivity index (χ0v) is 10.4. The normalized spacial score (nSPS) is 10.6. The largest absolute Gasteiger partial charge is 0.494 e. The molecule has 18 heavy (non-hydrogen) atoms. The van der Waals surface area contributed by atoms with Gasteiger partial charge in [0.05, 0.1) is 12.1 Å². The number of aromatic nitrogens is 2. The summed E-state index contributed by atoms with van der Waals surface area (Å²) in [6, 6.07) is 6.93. The Labute approximate surface area is 107 Å². The summed E-state index contributed by atoms with van der Waals surface area (Å²) >= 11 is 5.84. The molecule has 94 valence electrons. The van der Waals surface area contributed by atoms with Crippen LogP contribution in [0.15, 0.2) is 33.9 Å². The van der Waals surface area contributed by atoms with Crippen molar-refractivity contribution in [2.75, 3.05) is 0 Å². The number of hydrogen-bond donors (Lipinski definition) is 2. The molecule has 2 rings (SSSR count). The van der Waals surface area contributed by atoms with Crippen LogP contribution in [-0.2, 0) is 6.54 Å². The predicted molar refractivity (Wildman–Crippen MR) is 68.3 cm³/mol. The fourth-order valence-corrected chi connectivity index (χ4v) is 1.84. The van der Waals surface area contributed by atoms with Gasteiger partial charge in [-0.1, -0.05) is 23.7 Å². The van der Waals surface area contributed by atoms with E-state index in [4.69, 9.17) is 11.6 Å². The van der Waals surface area contributed by atoms with E-state index in [0.29, 0.717) is 5.02 Å². The van der Waals surface area contributed by atoms with Crippen LogP contribution in [-0.4, -0.2) is 14.7 Å². The number of halogens is 1. The molecule has 1 aromatic heterocycles. The lowest BCUT2D eigenvalue weighted by atomic mass is 10.2. The molecule has 0 atom stereocenters. The third kappa shape index (κ3) is 2.31. The van der Waals surface area contributed by atoms with E-state index in [9.17, 15) is 14.7 Å². The molecule has 6 heteroatoms. The summed E-state index contributed by atoms with van der Waals surface area (Å²) in [5, 5.41) is 10.3. The van der Waals surface area contributed by atoms with Crippen molar-refractivity contribution in [1.29, 1.82) is 0 Å². The number of benzene rings is 1. The van der Waals surface area contributed by atoms with E-state index in [-0.39, 0.29) is 18.0 Å². The molecule has 1 heterocycles. The highest BCUT2D eigenvalue weighted by molar-refractivity contribution is 6.30. The molecule has 0 bridgehead atoms. The quantitative estimate of drug-likeness (QED) is 0.859. The van der Waals surface area contributed by atoms with Crippen LogP contribution in [0.4, 0.5) is 0 Å². The number of H-pyrrole nitrogens is 1. The first kappa shape index (κ1) is 12.4. The average molecular weight is 267 g/mol. The first-order chi connectivity index (χ1) is 8.49. The summed E-state index contributed by atoms with van der Waals surface area (Å²) in [4.78, 5) is 25.0. The monoisotopic (exact) mass is 266 g/mol. The second-order valence-electron chi connectivity index (χ2n) is 3.92. The first-order valence-corrected chi connectivity index (χ1v) is 5.64. The van der Waals surface area contributed by atoms with E-state index in [1.807, 2.05) is 0 Å². The molecule has 2 N–H and O–H groups in total. The van der Waals surface area contributed by atoms with Crippen LogP contribution in [0.3, 0.4) is 0 Å². The van der Waals surface area contributed by atoms with Gasteiger partial charge in [0.15, 0.2) is 0 Å². The topological polar surface area (TPSA) is 75.1 Å². The lowest BCUT2D eigenvalue weighted by Crippen LogP contribution is -2.31. The maximum atomic E-state index is 11.6. The van der Waals surface area contributed by atoms with Crippen LogP contribution in [0.5, 0.6) is 5.88 Å². The van der Waals surface area contributed by atoms with Crippen molar-refractivity contribution in [3.05, 3.63) is 61.3 Å². The Kier molecular flexibility index (Phi) is 3.25. The molecule has 0 amide bonds. The van der Waals surface area contributed by atoms with Gasteiger partial charge in [0.1, 0.15) is 0 Å². The highest BCUT2D eigenvalue weighted by atomic mass is 35.5. The Morgan fingerprint density at radius 2 is 2.11 bits per heavy atom. The van der Waals surface area contributed by atoms with Gasteiger partial charge < -0.3 is 5.11 Å². The van der Waals surface area contributed by atoms with Crippen molar-refractivity contribution in [3.63, 3.8) is 0 Å². The van der Waals surface area contributed by atoms with Gasteiger partial charge in [-0.3, -0.25) is 14.3 Å². The van der Waals surface area contributed by atoms with Crippen molar-refractivity contribution in [2.45, 2.75) is 13.5 Å². The first-order valence-electron chi connectivity index (χ1n) is 5.26. The van der Waals surface area contributed by atoms with Crippen LogP contribution >= 0.6 is 11.6 Å². The van der Waals surface area contributed by atoms with Crippen molar-refractivity contribution in [2.24, 2.45) is 0 Å². The summed E-state index contributed by atoms with van der Waals surface area (Å²) in [5.41, 5.74) is -0.370. The molecule has 2 aromatic rings. The Hall–Kier alpha value is -2.01. The second-order valence-corrected chi connectivity index (χ2v) is 4.36. The smallest absolute Gasteiger partial charge is 0.331 e. The number of aromatic hydroxyl groups is 1. The van der Waals surface area contributed by atoms with Gasteiger partial charge in [-0.2, -0.15) is 0 Å². The standard InChI is InChI=1S/C12H11ClN2O3/c1-7-10(16)14-12(18)15(11(7)17)6-8-3-2-4-9(13)5-8/h2-5,17H,6H2,1H3,(H,14,16,18). The van der Waals surface area contributed by atoms with Crippen molar-refractivity contribution < 1.29 is 5.11 Å². The lowest BCUT2D eigenvalue weighted by molar-refractivity contribution is 0.404. The number of hydrogen-bond acceptors (Lipinski definition) is 3. The van der Waals surface area contributed by atoms with Crippen molar-refractivity contribution in [1.82, 2.24) is 9.55 Å². The van der Waals surface area contributed by atoms with E-state index >= 15 is 0 Å². The molecule has 5 nitrogen and oxygen atoms in total. The average Bonchev–Trinajstić information content (AvgIpc) is 2.32. The number of aromatic amines is 1. The maximum Gasteiger partial charge on any atom is 0.331 e. The molecule has 0 aliphatic heterocycles. The highest BCUT2D eigenvalue weighted by Gasteiger charge is 2.10. The van der Waals surface area contributed by atoms with Gasteiger partial charge in [-0.05, 0) is 24.6 Å². The SMILES string of the molecule is Cc1c(O)n(Cc2cccc(Cl)c2)c(=O)[nH]c1=O. The molecule has 1 aromatic carbocycles. The number of nitrogens with zero attached hydrogens (tertiary/aromatic N) is 1. The minimum absolute atomic E-state index is 0.108. The van der Waals surface area contributed by atoms with Gasteiger partial charge >= 0.3 is 5.69 Å². The summed E-state index contributed by atoms with van der Waals surface area (Å²) in [7, 11) is 0. The number of rotatable bonds is 2. The van der Waals surface area contributed by atoms with E-state index in [0.717, 1.165) is 10.1 Å². The number of nitrogens with one attached hydrogen (secondary N) is 1. The molecule has 0 unspecified atom stereocenters. The summed E-state index contributed by atoms with van der Waals surface area (Å²) in [5.74, 6) is -0.330. The van der Waals surface area contributed by atoms with Crippen molar-refractivity contribution >= 4 is 11.6 Å². The fourth-order valence-electron chi connectivity index (χ4n) is 1.62. The van der Waals surface area contributed by atoms with Gasteiger partial charge in [-0.25, -0.2) is 4.79 Å². The minimum atomic E-state index is -0.650. The van der Waals surface area contributed by atoms with Crippen LogP contribution in [0, 0.1) is 6.92 Å². The van der Waals surface area contributed by atoms with Gasteiger partial charge in [-0.15, -0.1) is 0 Å². The maximum absolute atomic E-state index is 11.6. The highest BCUT2D eigenvalue weighted by Crippen LogP contribution is 2.14. The predicted octanol–water partition coefficient (Wildman–Crippen LogP) is 1.25. The third-order valence-corrected chi connectivity index (χ3v) is 2.86. The molecule has 0 spiro atoms.